The number of hydrogen-bond donors (Lipinski definition) is 2. The van der Waals surface area contributed by atoms with Crippen LogP contribution in [0, 0.1) is 11.6 Å². The first kappa shape index (κ1) is 10.9. The highest BCUT2D eigenvalue weighted by atomic mass is 35.5. The monoisotopic (exact) mass is 221 g/mol. The van der Waals surface area contributed by atoms with E-state index in [9.17, 15) is 13.6 Å². The van der Waals surface area contributed by atoms with Crippen LogP contribution < -0.4 is 5.73 Å². The van der Waals surface area contributed by atoms with Gasteiger partial charge in [-0.05, 0) is 12.1 Å². The standard InChI is InChI=1S/C8H6ClF2NO2/c9-4-2-5(10)3(1-6(4)11)7(12)8(13)14/h1-2,7H,12H2,(H,13,14). The van der Waals surface area contributed by atoms with Crippen molar-refractivity contribution < 1.29 is 18.7 Å². The molecule has 0 amide bonds. The molecule has 0 heterocycles. The molecule has 14 heavy (non-hydrogen) atoms. The van der Waals surface area contributed by atoms with Crippen LogP contribution in [0.25, 0.3) is 0 Å². The molecule has 1 atom stereocenters. The van der Waals surface area contributed by atoms with Crippen LogP contribution in [-0.4, -0.2) is 11.1 Å². The average molecular weight is 222 g/mol. The fourth-order valence-electron chi connectivity index (χ4n) is 0.909. The summed E-state index contributed by atoms with van der Waals surface area (Å²) in [5.41, 5.74) is 4.68. The van der Waals surface area contributed by atoms with Gasteiger partial charge in [0.2, 0.25) is 0 Å². The molecule has 0 aliphatic rings. The van der Waals surface area contributed by atoms with E-state index in [1.807, 2.05) is 0 Å². The molecule has 0 aromatic heterocycles. The van der Waals surface area contributed by atoms with Gasteiger partial charge in [0.05, 0.1) is 5.02 Å². The molecule has 1 aromatic rings. The Bertz CT molecular complexity index is 384. The van der Waals surface area contributed by atoms with E-state index in [2.05, 4.69) is 0 Å². The number of halogens is 3. The van der Waals surface area contributed by atoms with Gasteiger partial charge in [0.15, 0.2) is 0 Å². The topological polar surface area (TPSA) is 63.3 Å². The molecule has 1 rings (SSSR count). The summed E-state index contributed by atoms with van der Waals surface area (Å²) in [6, 6.07) is -0.229. The van der Waals surface area contributed by atoms with E-state index in [-0.39, 0.29) is 0 Å². The van der Waals surface area contributed by atoms with Gasteiger partial charge >= 0.3 is 5.97 Å². The number of nitrogens with two attached hydrogens (primary N) is 1. The molecule has 1 unspecified atom stereocenters. The Balaban J connectivity index is 3.22. The lowest BCUT2D eigenvalue weighted by Gasteiger charge is -2.08. The molecular formula is C8H6ClF2NO2. The Morgan fingerprint density at radius 1 is 1.43 bits per heavy atom. The van der Waals surface area contributed by atoms with Crippen molar-refractivity contribution >= 4 is 17.6 Å². The van der Waals surface area contributed by atoms with E-state index in [1.54, 1.807) is 0 Å². The summed E-state index contributed by atoms with van der Waals surface area (Å²) in [4.78, 5) is 10.4. The van der Waals surface area contributed by atoms with Crippen molar-refractivity contribution in [3.63, 3.8) is 0 Å². The molecule has 0 saturated heterocycles. The lowest BCUT2D eigenvalue weighted by Crippen LogP contribution is -2.22. The van der Waals surface area contributed by atoms with Crippen LogP contribution in [0.1, 0.15) is 11.6 Å². The van der Waals surface area contributed by atoms with E-state index in [0.717, 1.165) is 0 Å². The summed E-state index contributed by atoms with van der Waals surface area (Å²) in [6.07, 6.45) is 0. The lowest BCUT2D eigenvalue weighted by atomic mass is 10.1. The highest BCUT2D eigenvalue weighted by Crippen LogP contribution is 2.22. The average Bonchev–Trinajstić information content (AvgIpc) is 2.10. The third kappa shape index (κ3) is 2.00. The van der Waals surface area contributed by atoms with Gasteiger partial charge in [0.25, 0.3) is 0 Å². The zero-order chi connectivity index (χ0) is 10.9. The molecule has 0 aliphatic heterocycles. The maximum Gasteiger partial charge on any atom is 0.325 e. The second-order valence-corrected chi connectivity index (χ2v) is 3.01. The highest BCUT2D eigenvalue weighted by Gasteiger charge is 2.20. The zero-order valence-electron chi connectivity index (χ0n) is 6.80. The molecule has 0 aliphatic carbocycles. The van der Waals surface area contributed by atoms with Crippen molar-refractivity contribution in [3.05, 3.63) is 34.4 Å². The Labute approximate surface area is 83.1 Å². The molecule has 0 fully saturated rings. The van der Waals surface area contributed by atoms with Crippen molar-refractivity contribution in [2.75, 3.05) is 0 Å². The zero-order valence-corrected chi connectivity index (χ0v) is 7.55. The van der Waals surface area contributed by atoms with Crippen LogP contribution in [-0.2, 0) is 4.79 Å². The maximum absolute atomic E-state index is 13.0. The summed E-state index contributed by atoms with van der Waals surface area (Å²) < 4.78 is 25.9. The molecule has 76 valence electrons. The van der Waals surface area contributed by atoms with Crippen molar-refractivity contribution in [1.82, 2.24) is 0 Å². The van der Waals surface area contributed by atoms with Crippen LogP contribution in [0.3, 0.4) is 0 Å². The van der Waals surface area contributed by atoms with Crippen LogP contribution in [0.15, 0.2) is 12.1 Å². The largest absolute Gasteiger partial charge is 0.480 e. The first-order valence-corrected chi connectivity index (χ1v) is 3.94. The minimum absolute atomic E-state index is 0.413. The minimum atomic E-state index is -1.60. The molecule has 0 bridgehead atoms. The molecule has 6 heteroatoms. The quantitative estimate of drug-likeness (QED) is 0.748. The molecule has 0 radical (unpaired) electrons. The van der Waals surface area contributed by atoms with Gasteiger partial charge in [0, 0.05) is 5.56 Å². The van der Waals surface area contributed by atoms with E-state index in [0.29, 0.717) is 12.1 Å². The second-order valence-electron chi connectivity index (χ2n) is 2.60. The predicted octanol–water partition coefficient (Wildman–Crippen LogP) is 1.70. The lowest BCUT2D eigenvalue weighted by molar-refractivity contribution is -0.138. The first-order chi connectivity index (χ1) is 6.43. The fraction of sp³-hybridized carbons (Fsp3) is 0.125. The summed E-state index contributed by atoms with van der Waals surface area (Å²) >= 11 is 5.27. The summed E-state index contributed by atoms with van der Waals surface area (Å²) in [6.45, 7) is 0. The summed E-state index contributed by atoms with van der Waals surface area (Å²) in [5, 5.41) is 8.06. The minimum Gasteiger partial charge on any atom is -0.480 e. The molecule has 0 spiro atoms. The van der Waals surface area contributed by atoms with Crippen LogP contribution in [0.2, 0.25) is 5.02 Å². The van der Waals surface area contributed by atoms with Crippen LogP contribution in [0.4, 0.5) is 8.78 Å². The third-order valence-electron chi connectivity index (χ3n) is 1.64. The van der Waals surface area contributed by atoms with E-state index in [4.69, 9.17) is 22.4 Å². The molecule has 1 aromatic carbocycles. The van der Waals surface area contributed by atoms with Crippen LogP contribution >= 0.6 is 11.6 Å². The Kier molecular flexibility index (Phi) is 3.03. The van der Waals surface area contributed by atoms with Crippen molar-refractivity contribution in [2.45, 2.75) is 6.04 Å². The number of hydrogen-bond acceptors (Lipinski definition) is 2. The maximum atomic E-state index is 13.0. The van der Waals surface area contributed by atoms with Gasteiger partial charge in [-0.15, -0.1) is 0 Å². The van der Waals surface area contributed by atoms with Gasteiger partial charge in [-0.2, -0.15) is 0 Å². The predicted molar refractivity (Wildman–Crippen MR) is 45.9 cm³/mol. The third-order valence-corrected chi connectivity index (χ3v) is 1.93. The molecular weight excluding hydrogens is 216 g/mol. The van der Waals surface area contributed by atoms with Crippen LogP contribution in [0.5, 0.6) is 0 Å². The number of benzene rings is 1. The molecule has 0 saturated carbocycles. The highest BCUT2D eigenvalue weighted by molar-refractivity contribution is 6.30. The number of carboxylic acids is 1. The molecule has 3 N–H and O–H groups in total. The van der Waals surface area contributed by atoms with Gasteiger partial charge < -0.3 is 10.8 Å². The van der Waals surface area contributed by atoms with Crippen molar-refractivity contribution in [1.29, 1.82) is 0 Å². The number of carbonyl (C=O) groups is 1. The number of aliphatic carboxylic acids is 1. The van der Waals surface area contributed by atoms with E-state index in [1.165, 1.54) is 0 Å². The fourth-order valence-corrected chi connectivity index (χ4v) is 1.06. The first-order valence-electron chi connectivity index (χ1n) is 3.56. The Morgan fingerprint density at radius 3 is 2.50 bits per heavy atom. The summed E-state index contributed by atoms with van der Waals surface area (Å²) in [7, 11) is 0. The Morgan fingerprint density at radius 2 is 2.00 bits per heavy atom. The SMILES string of the molecule is NC(C(=O)O)c1cc(F)c(Cl)cc1F. The number of rotatable bonds is 2. The van der Waals surface area contributed by atoms with Gasteiger partial charge in [-0.25, -0.2) is 8.78 Å². The van der Waals surface area contributed by atoms with Gasteiger partial charge in [0.1, 0.15) is 17.7 Å². The van der Waals surface area contributed by atoms with Crippen molar-refractivity contribution in [2.24, 2.45) is 5.73 Å². The van der Waals surface area contributed by atoms with Gasteiger partial charge in [-0.3, -0.25) is 4.79 Å². The second kappa shape index (κ2) is 3.89. The van der Waals surface area contributed by atoms with Gasteiger partial charge in [-0.1, -0.05) is 11.6 Å². The summed E-state index contributed by atoms with van der Waals surface area (Å²) in [5.74, 6) is -3.28. The smallest absolute Gasteiger partial charge is 0.325 e. The number of carboxylic acid groups (broad SMARTS) is 1. The van der Waals surface area contributed by atoms with E-state index < -0.39 is 34.2 Å². The van der Waals surface area contributed by atoms with Crippen molar-refractivity contribution in [3.8, 4) is 0 Å². The molecule has 3 nitrogen and oxygen atoms in total. The van der Waals surface area contributed by atoms with E-state index >= 15 is 0 Å². The Hall–Kier alpha value is -1.20. The normalized spacial score (nSPS) is 12.6.